The summed E-state index contributed by atoms with van der Waals surface area (Å²) in [6.45, 7) is 2.63. The zero-order valence-electron chi connectivity index (χ0n) is 15.6. The number of hydrogen-bond donors (Lipinski definition) is 2. The average molecular weight is 373 g/mol. The minimum Gasteiger partial charge on any atom is -0.493 e. The standard InChI is InChI=1S/C19H23N3O5/c1-4-5-12-10-13(11-14(26-2)15(12)27-3)16(23)22-8-6-19(7-9-22)17(24)20-18(25)21-19/h4-5,10-11H,6-9H2,1-3H3,(H2,20,21,24,25)/b5-4+. The van der Waals surface area contributed by atoms with Crippen LogP contribution in [0.4, 0.5) is 4.79 Å². The predicted molar refractivity (Wildman–Crippen MR) is 98.8 cm³/mol. The van der Waals surface area contributed by atoms with Crippen LogP contribution >= 0.6 is 0 Å². The second-order valence-electron chi connectivity index (χ2n) is 6.58. The molecule has 0 saturated carbocycles. The maximum atomic E-state index is 13.0. The second-order valence-corrected chi connectivity index (χ2v) is 6.58. The summed E-state index contributed by atoms with van der Waals surface area (Å²) in [5.74, 6) is 0.574. The molecule has 144 valence electrons. The van der Waals surface area contributed by atoms with Crippen molar-refractivity contribution in [1.29, 1.82) is 0 Å². The number of methoxy groups -OCH3 is 2. The number of rotatable bonds is 4. The third-order valence-corrected chi connectivity index (χ3v) is 5.02. The van der Waals surface area contributed by atoms with Crippen LogP contribution in [0.5, 0.6) is 11.5 Å². The molecule has 2 aliphatic heterocycles. The summed E-state index contributed by atoms with van der Waals surface area (Å²) in [6.07, 6.45) is 4.47. The van der Waals surface area contributed by atoms with Gasteiger partial charge in [0.15, 0.2) is 11.5 Å². The lowest BCUT2D eigenvalue weighted by atomic mass is 9.87. The summed E-state index contributed by atoms with van der Waals surface area (Å²) >= 11 is 0. The minimum atomic E-state index is -0.901. The molecule has 2 aliphatic rings. The van der Waals surface area contributed by atoms with Gasteiger partial charge in [-0.3, -0.25) is 14.9 Å². The number of carbonyl (C=O) groups excluding carboxylic acids is 3. The van der Waals surface area contributed by atoms with Gasteiger partial charge >= 0.3 is 6.03 Å². The van der Waals surface area contributed by atoms with Gasteiger partial charge in [-0.05, 0) is 31.9 Å². The van der Waals surface area contributed by atoms with Crippen molar-refractivity contribution in [3.8, 4) is 11.5 Å². The summed E-state index contributed by atoms with van der Waals surface area (Å²) in [6, 6.07) is 2.94. The summed E-state index contributed by atoms with van der Waals surface area (Å²) in [5.41, 5.74) is 0.330. The molecule has 8 nitrogen and oxygen atoms in total. The molecule has 8 heteroatoms. The Kier molecular flexibility index (Phi) is 5.07. The summed E-state index contributed by atoms with van der Waals surface area (Å²) in [7, 11) is 3.08. The van der Waals surface area contributed by atoms with E-state index in [1.807, 2.05) is 19.1 Å². The Labute approximate surface area is 157 Å². The number of allylic oxidation sites excluding steroid dienone is 1. The van der Waals surface area contributed by atoms with Gasteiger partial charge in [0.1, 0.15) is 5.54 Å². The van der Waals surface area contributed by atoms with Gasteiger partial charge in [-0.2, -0.15) is 0 Å². The molecule has 1 aromatic rings. The van der Waals surface area contributed by atoms with Gasteiger partial charge in [0, 0.05) is 24.2 Å². The van der Waals surface area contributed by atoms with Gasteiger partial charge in [-0.25, -0.2) is 4.79 Å². The maximum absolute atomic E-state index is 13.0. The van der Waals surface area contributed by atoms with Crippen LogP contribution in [-0.4, -0.2) is 55.6 Å². The number of benzene rings is 1. The number of carbonyl (C=O) groups is 3. The third kappa shape index (κ3) is 3.34. The molecule has 0 unspecified atom stereocenters. The number of amides is 4. The lowest BCUT2D eigenvalue weighted by molar-refractivity contribution is -0.125. The van der Waals surface area contributed by atoms with Crippen LogP contribution in [0, 0.1) is 0 Å². The van der Waals surface area contributed by atoms with E-state index in [1.165, 1.54) is 7.11 Å². The van der Waals surface area contributed by atoms with E-state index in [1.54, 1.807) is 24.1 Å². The fourth-order valence-corrected chi connectivity index (χ4v) is 3.57. The quantitative estimate of drug-likeness (QED) is 0.781. The Morgan fingerprint density at radius 1 is 1.19 bits per heavy atom. The van der Waals surface area contributed by atoms with Crippen molar-refractivity contribution >= 4 is 23.9 Å². The molecule has 2 heterocycles. The zero-order chi connectivity index (χ0) is 19.6. The molecule has 0 atom stereocenters. The zero-order valence-corrected chi connectivity index (χ0v) is 15.6. The third-order valence-electron chi connectivity index (χ3n) is 5.02. The number of imide groups is 1. The van der Waals surface area contributed by atoms with E-state index in [4.69, 9.17) is 9.47 Å². The molecule has 27 heavy (non-hydrogen) atoms. The molecule has 2 fully saturated rings. The van der Waals surface area contributed by atoms with E-state index in [0.717, 1.165) is 5.56 Å². The number of hydrogen-bond acceptors (Lipinski definition) is 5. The second kappa shape index (κ2) is 7.30. The monoisotopic (exact) mass is 373 g/mol. The molecule has 0 bridgehead atoms. The van der Waals surface area contributed by atoms with Crippen LogP contribution in [0.2, 0.25) is 0 Å². The lowest BCUT2D eigenvalue weighted by Crippen LogP contribution is -2.55. The molecule has 2 saturated heterocycles. The van der Waals surface area contributed by atoms with Crippen molar-refractivity contribution in [3.63, 3.8) is 0 Å². The Morgan fingerprint density at radius 3 is 2.41 bits per heavy atom. The van der Waals surface area contributed by atoms with Crippen LogP contribution in [0.3, 0.4) is 0 Å². The Bertz CT molecular complexity index is 810. The normalized spacial score (nSPS) is 18.6. The van der Waals surface area contributed by atoms with Crippen LogP contribution in [-0.2, 0) is 4.79 Å². The number of piperidine rings is 1. The summed E-state index contributed by atoms with van der Waals surface area (Å²) < 4.78 is 10.8. The fraction of sp³-hybridized carbons (Fsp3) is 0.421. The van der Waals surface area contributed by atoms with Gasteiger partial charge in [-0.15, -0.1) is 0 Å². The first-order valence-corrected chi connectivity index (χ1v) is 8.75. The van der Waals surface area contributed by atoms with Crippen molar-refractivity contribution in [1.82, 2.24) is 15.5 Å². The van der Waals surface area contributed by atoms with Crippen LogP contribution in [0.25, 0.3) is 6.08 Å². The van der Waals surface area contributed by atoms with E-state index in [-0.39, 0.29) is 11.8 Å². The van der Waals surface area contributed by atoms with E-state index in [0.29, 0.717) is 43.0 Å². The SMILES string of the molecule is C/C=C/c1cc(C(=O)N2CCC3(CC2)NC(=O)NC3=O)cc(OC)c1OC. The number of urea groups is 1. The van der Waals surface area contributed by atoms with Crippen molar-refractivity contribution in [2.45, 2.75) is 25.3 Å². The van der Waals surface area contributed by atoms with E-state index < -0.39 is 11.6 Å². The lowest BCUT2D eigenvalue weighted by Gasteiger charge is -2.37. The van der Waals surface area contributed by atoms with Gasteiger partial charge in [0.25, 0.3) is 11.8 Å². The Morgan fingerprint density at radius 2 is 1.89 bits per heavy atom. The fourth-order valence-electron chi connectivity index (χ4n) is 3.57. The molecule has 0 aliphatic carbocycles. The highest BCUT2D eigenvalue weighted by molar-refractivity contribution is 6.07. The van der Waals surface area contributed by atoms with E-state index in [2.05, 4.69) is 10.6 Å². The molecule has 3 rings (SSSR count). The highest BCUT2D eigenvalue weighted by atomic mass is 16.5. The number of nitrogens with one attached hydrogen (secondary N) is 2. The van der Waals surface area contributed by atoms with Crippen molar-refractivity contribution in [3.05, 3.63) is 29.3 Å². The van der Waals surface area contributed by atoms with Crippen molar-refractivity contribution < 1.29 is 23.9 Å². The summed E-state index contributed by atoms with van der Waals surface area (Å²) in [4.78, 5) is 38.2. The van der Waals surface area contributed by atoms with E-state index in [9.17, 15) is 14.4 Å². The van der Waals surface area contributed by atoms with Gasteiger partial charge < -0.3 is 19.7 Å². The molecule has 2 N–H and O–H groups in total. The smallest absolute Gasteiger partial charge is 0.322 e. The van der Waals surface area contributed by atoms with Gasteiger partial charge in [0.2, 0.25) is 0 Å². The number of nitrogens with zero attached hydrogens (tertiary/aromatic N) is 1. The number of likely N-dealkylation sites (tertiary alicyclic amines) is 1. The van der Waals surface area contributed by atoms with Gasteiger partial charge in [-0.1, -0.05) is 12.2 Å². The molecular formula is C19H23N3O5. The van der Waals surface area contributed by atoms with Crippen LogP contribution in [0.15, 0.2) is 18.2 Å². The minimum absolute atomic E-state index is 0.152. The largest absolute Gasteiger partial charge is 0.493 e. The highest BCUT2D eigenvalue weighted by Gasteiger charge is 2.48. The average Bonchev–Trinajstić information content (AvgIpc) is 2.94. The first kappa shape index (κ1) is 18.8. The Hall–Kier alpha value is -3.03. The van der Waals surface area contributed by atoms with E-state index >= 15 is 0 Å². The first-order chi connectivity index (χ1) is 12.9. The number of ether oxygens (including phenoxy) is 2. The molecule has 0 aromatic heterocycles. The highest BCUT2D eigenvalue weighted by Crippen LogP contribution is 2.34. The van der Waals surface area contributed by atoms with Crippen LogP contribution < -0.4 is 20.1 Å². The maximum Gasteiger partial charge on any atom is 0.322 e. The molecule has 1 aromatic carbocycles. The van der Waals surface area contributed by atoms with Crippen molar-refractivity contribution in [2.24, 2.45) is 0 Å². The van der Waals surface area contributed by atoms with Gasteiger partial charge in [0.05, 0.1) is 14.2 Å². The molecular weight excluding hydrogens is 350 g/mol. The molecule has 0 radical (unpaired) electrons. The molecule has 4 amide bonds. The van der Waals surface area contributed by atoms with Crippen molar-refractivity contribution in [2.75, 3.05) is 27.3 Å². The first-order valence-electron chi connectivity index (χ1n) is 8.75. The summed E-state index contributed by atoms with van der Waals surface area (Å²) in [5, 5.41) is 4.97. The predicted octanol–water partition coefficient (Wildman–Crippen LogP) is 1.55. The topological polar surface area (TPSA) is 97.0 Å². The Balaban J connectivity index is 1.82. The molecule has 1 spiro atoms. The van der Waals surface area contributed by atoms with Crippen LogP contribution in [0.1, 0.15) is 35.7 Å².